The van der Waals surface area contributed by atoms with Crippen LogP contribution in [0.25, 0.3) is 0 Å². The van der Waals surface area contributed by atoms with E-state index in [1.165, 1.54) is 0 Å². The summed E-state index contributed by atoms with van der Waals surface area (Å²) in [4.78, 5) is 25.1. The molecule has 2 aliphatic carbocycles. The molecular weight excluding hydrogens is 224 g/mol. The third-order valence-electron chi connectivity index (χ3n) is 3.86. The highest BCUT2D eigenvalue weighted by atomic mass is 16.1. The first kappa shape index (κ1) is 11.1. The minimum absolute atomic E-state index is 0.0800. The second kappa shape index (κ2) is 3.77. The molecule has 2 heteroatoms. The highest BCUT2D eigenvalue weighted by Crippen LogP contribution is 2.36. The molecule has 0 saturated carbocycles. The monoisotopic (exact) mass is 238 g/mol. The summed E-state index contributed by atoms with van der Waals surface area (Å²) in [5, 5.41) is 0. The van der Waals surface area contributed by atoms with E-state index in [1.54, 1.807) is 0 Å². The van der Waals surface area contributed by atoms with Gasteiger partial charge in [-0.05, 0) is 25.0 Å². The number of carbonyl (C=O) groups is 2. The topological polar surface area (TPSA) is 34.1 Å². The van der Waals surface area contributed by atoms with Crippen molar-refractivity contribution < 1.29 is 9.59 Å². The van der Waals surface area contributed by atoms with E-state index >= 15 is 0 Å². The maximum atomic E-state index is 12.5. The van der Waals surface area contributed by atoms with Gasteiger partial charge in [0.1, 0.15) is 0 Å². The van der Waals surface area contributed by atoms with Gasteiger partial charge in [-0.2, -0.15) is 0 Å². The van der Waals surface area contributed by atoms with Crippen LogP contribution in [0.4, 0.5) is 0 Å². The van der Waals surface area contributed by atoms with Crippen molar-refractivity contribution >= 4 is 11.6 Å². The summed E-state index contributed by atoms with van der Waals surface area (Å²) in [5.41, 5.74) is 3.05. The first-order chi connectivity index (χ1) is 8.61. The van der Waals surface area contributed by atoms with Gasteiger partial charge in [0.25, 0.3) is 0 Å². The predicted molar refractivity (Wildman–Crippen MR) is 69.8 cm³/mol. The Morgan fingerprint density at radius 3 is 1.56 bits per heavy atom. The number of benzene rings is 1. The number of hydrogen-bond acceptors (Lipinski definition) is 2. The first-order valence-corrected chi connectivity index (χ1v) is 6.15. The number of fused-ring (bicyclic) bond motifs is 2. The predicted octanol–water partition coefficient (Wildman–Crippen LogP) is 3.04. The average molecular weight is 238 g/mol. The van der Waals surface area contributed by atoms with E-state index in [-0.39, 0.29) is 23.4 Å². The molecule has 0 spiro atoms. The third kappa shape index (κ3) is 1.35. The Labute approximate surface area is 106 Å². The van der Waals surface area contributed by atoms with Crippen molar-refractivity contribution in [1.29, 1.82) is 0 Å². The van der Waals surface area contributed by atoms with Gasteiger partial charge in [-0.3, -0.25) is 9.59 Å². The molecule has 2 unspecified atom stereocenters. The molecule has 2 nitrogen and oxygen atoms in total. The smallest absolute Gasteiger partial charge is 0.171 e. The van der Waals surface area contributed by atoms with Crippen molar-refractivity contribution in [3.8, 4) is 0 Å². The Hall–Kier alpha value is -1.96. The SMILES string of the molecule is Cc1ccc(C)c2c1C(=O)C1C=CC=CC1C2=O. The van der Waals surface area contributed by atoms with Gasteiger partial charge < -0.3 is 0 Å². The maximum Gasteiger partial charge on any atom is 0.171 e. The maximum absolute atomic E-state index is 12.5. The quantitative estimate of drug-likeness (QED) is 0.696. The standard InChI is InChI=1S/C16H14O2/c1-9-7-8-10(2)14-13(9)15(17)11-5-3-4-6-12(11)16(14)18/h3-8,11-12H,1-2H3. The van der Waals surface area contributed by atoms with Gasteiger partial charge in [-0.15, -0.1) is 0 Å². The highest BCUT2D eigenvalue weighted by Gasteiger charge is 2.40. The van der Waals surface area contributed by atoms with E-state index in [1.807, 2.05) is 50.3 Å². The van der Waals surface area contributed by atoms with Crippen molar-refractivity contribution in [2.45, 2.75) is 13.8 Å². The van der Waals surface area contributed by atoms with Crippen LogP contribution in [-0.2, 0) is 0 Å². The fourth-order valence-electron chi connectivity index (χ4n) is 2.89. The molecule has 18 heavy (non-hydrogen) atoms. The van der Waals surface area contributed by atoms with Crippen LogP contribution >= 0.6 is 0 Å². The van der Waals surface area contributed by atoms with Gasteiger partial charge in [0.2, 0.25) is 0 Å². The normalized spacial score (nSPS) is 25.0. The third-order valence-corrected chi connectivity index (χ3v) is 3.86. The molecule has 0 aromatic heterocycles. The fraction of sp³-hybridized carbons (Fsp3) is 0.250. The molecule has 1 aromatic carbocycles. The lowest BCUT2D eigenvalue weighted by Crippen LogP contribution is -2.36. The molecule has 0 fully saturated rings. The Balaban J connectivity index is 2.30. The van der Waals surface area contributed by atoms with E-state index in [9.17, 15) is 9.59 Å². The van der Waals surface area contributed by atoms with E-state index in [0.29, 0.717) is 11.1 Å². The number of Topliss-reactive ketones (excluding diaryl/α,β-unsaturated/α-hetero) is 2. The fourth-order valence-corrected chi connectivity index (χ4v) is 2.89. The Morgan fingerprint density at radius 2 is 1.17 bits per heavy atom. The summed E-state index contributed by atoms with van der Waals surface area (Å²) in [5.74, 6) is -0.459. The Morgan fingerprint density at radius 1 is 0.778 bits per heavy atom. The van der Waals surface area contributed by atoms with E-state index in [0.717, 1.165) is 11.1 Å². The molecule has 0 aliphatic heterocycles. The van der Waals surface area contributed by atoms with Gasteiger partial charge >= 0.3 is 0 Å². The lowest BCUT2D eigenvalue weighted by molar-refractivity contribution is 0.0800. The van der Waals surface area contributed by atoms with Crippen molar-refractivity contribution in [2.24, 2.45) is 11.8 Å². The average Bonchev–Trinajstić information content (AvgIpc) is 2.38. The molecule has 0 N–H and O–H groups in total. The zero-order valence-corrected chi connectivity index (χ0v) is 10.4. The van der Waals surface area contributed by atoms with Crippen LogP contribution in [0.3, 0.4) is 0 Å². The molecule has 0 heterocycles. The van der Waals surface area contributed by atoms with Crippen molar-refractivity contribution in [3.63, 3.8) is 0 Å². The second-order valence-electron chi connectivity index (χ2n) is 5.00. The molecule has 0 radical (unpaired) electrons. The molecule has 0 saturated heterocycles. The van der Waals surface area contributed by atoms with Gasteiger partial charge in [0.15, 0.2) is 11.6 Å². The van der Waals surface area contributed by atoms with Crippen molar-refractivity contribution in [1.82, 2.24) is 0 Å². The summed E-state index contributed by atoms with van der Waals surface area (Å²) in [6, 6.07) is 3.84. The van der Waals surface area contributed by atoms with Crippen LogP contribution in [0.15, 0.2) is 36.4 Å². The van der Waals surface area contributed by atoms with E-state index in [2.05, 4.69) is 0 Å². The molecule has 1 aromatic rings. The van der Waals surface area contributed by atoms with Crippen LogP contribution in [-0.4, -0.2) is 11.6 Å². The summed E-state index contributed by atoms with van der Waals surface area (Å²) < 4.78 is 0. The molecule has 0 bridgehead atoms. The number of hydrogen-bond donors (Lipinski definition) is 0. The number of ketones is 2. The zero-order valence-electron chi connectivity index (χ0n) is 10.4. The zero-order chi connectivity index (χ0) is 12.9. The molecule has 0 amide bonds. The number of rotatable bonds is 0. The summed E-state index contributed by atoms with van der Waals surface area (Å²) in [7, 11) is 0. The van der Waals surface area contributed by atoms with Crippen LogP contribution in [0.2, 0.25) is 0 Å². The molecular formula is C16H14O2. The molecule has 2 atom stereocenters. The van der Waals surface area contributed by atoms with Crippen LogP contribution < -0.4 is 0 Å². The summed E-state index contributed by atoms with van der Waals surface area (Å²) in [6.07, 6.45) is 7.39. The van der Waals surface area contributed by atoms with Gasteiger partial charge in [0.05, 0.1) is 11.8 Å². The van der Waals surface area contributed by atoms with E-state index in [4.69, 9.17) is 0 Å². The minimum Gasteiger partial charge on any atom is -0.293 e. The Bertz CT molecular complexity index is 565. The largest absolute Gasteiger partial charge is 0.293 e. The van der Waals surface area contributed by atoms with E-state index < -0.39 is 0 Å². The van der Waals surface area contributed by atoms with Crippen molar-refractivity contribution in [2.75, 3.05) is 0 Å². The van der Waals surface area contributed by atoms with Crippen LogP contribution in [0.1, 0.15) is 31.8 Å². The van der Waals surface area contributed by atoms with Gasteiger partial charge in [-0.1, -0.05) is 36.4 Å². The highest BCUT2D eigenvalue weighted by molar-refractivity contribution is 6.18. The minimum atomic E-state index is -0.310. The Kier molecular flexibility index (Phi) is 2.34. The van der Waals surface area contributed by atoms with Crippen molar-refractivity contribution in [3.05, 3.63) is 58.7 Å². The number of carbonyl (C=O) groups excluding carboxylic acids is 2. The number of allylic oxidation sites excluding steroid dienone is 4. The van der Waals surface area contributed by atoms with Crippen LogP contribution in [0, 0.1) is 25.7 Å². The van der Waals surface area contributed by atoms with Gasteiger partial charge in [0, 0.05) is 11.1 Å². The molecule has 3 rings (SSSR count). The lowest BCUT2D eigenvalue weighted by Gasteiger charge is -2.30. The molecule has 90 valence electrons. The molecule has 2 aliphatic rings. The second-order valence-corrected chi connectivity index (χ2v) is 5.00. The first-order valence-electron chi connectivity index (χ1n) is 6.15. The van der Waals surface area contributed by atoms with Gasteiger partial charge in [-0.25, -0.2) is 0 Å². The summed E-state index contributed by atoms with van der Waals surface area (Å²) in [6.45, 7) is 3.79. The lowest BCUT2D eigenvalue weighted by atomic mass is 9.70. The number of aryl methyl sites for hydroxylation is 2. The van der Waals surface area contributed by atoms with Crippen LogP contribution in [0.5, 0.6) is 0 Å². The summed E-state index contributed by atoms with van der Waals surface area (Å²) >= 11 is 0.